The number of hydrogen-bond acceptors (Lipinski definition) is 3. The van der Waals surface area contributed by atoms with Crippen LogP contribution in [0.3, 0.4) is 0 Å². The minimum absolute atomic E-state index is 0.271. The molecular weight excluding hydrogens is 391 g/mol. The van der Waals surface area contributed by atoms with Gasteiger partial charge in [0, 0.05) is 11.0 Å². The summed E-state index contributed by atoms with van der Waals surface area (Å²) >= 11 is 0. The van der Waals surface area contributed by atoms with Crippen LogP contribution in [0.1, 0.15) is 53.4 Å². The van der Waals surface area contributed by atoms with Gasteiger partial charge >= 0.3 is 0 Å². The van der Waals surface area contributed by atoms with E-state index in [1.54, 1.807) is 12.1 Å². The van der Waals surface area contributed by atoms with E-state index in [9.17, 15) is 14.3 Å². The first-order valence-corrected chi connectivity index (χ1v) is 10.7. The maximum Gasteiger partial charge on any atom is 0.150 e. The van der Waals surface area contributed by atoms with Crippen molar-refractivity contribution in [1.29, 1.82) is 0 Å². The number of fused-ring (bicyclic) bond motifs is 2. The number of aromatic nitrogens is 2. The first-order chi connectivity index (χ1) is 14.9. The van der Waals surface area contributed by atoms with Gasteiger partial charge in [0.15, 0.2) is 0 Å². The summed E-state index contributed by atoms with van der Waals surface area (Å²) in [6.45, 7) is 2.15. The van der Waals surface area contributed by atoms with Crippen LogP contribution in [0.25, 0.3) is 11.8 Å². The molecule has 4 nitrogen and oxygen atoms in total. The number of rotatable bonds is 5. The SMILES string of the molecule is C[C@]12Cc3cnn(-c4ccc(F)cc4)c3C=C1CC[C@@]2(O)CCc1ccccc1C=O. The van der Waals surface area contributed by atoms with Gasteiger partial charge in [-0.25, -0.2) is 9.07 Å². The standard InChI is InChI=1S/C26H25FN2O2/c1-25-15-20-16-28-29(23-8-6-22(27)7-9-23)24(20)14-21(25)11-13-26(25,31)12-10-18-4-2-3-5-19(18)17-30/h2-9,14,16-17,31H,10-13,15H2,1H3/t25-,26-/m0/s1. The molecule has 31 heavy (non-hydrogen) atoms. The number of carbonyl (C=O) groups is 1. The second-order valence-corrected chi connectivity index (χ2v) is 8.97. The lowest BCUT2D eigenvalue weighted by Crippen LogP contribution is -2.45. The molecule has 1 N–H and O–H groups in total. The van der Waals surface area contributed by atoms with Crippen molar-refractivity contribution in [1.82, 2.24) is 9.78 Å². The Hall–Kier alpha value is -3.05. The van der Waals surface area contributed by atoms with E-state index < -0.39 is 5.60 Å². The van der Waals surface area contributed by atoms with Crippen LogP contribution in [0.4, 0.5) is 4.39 Å². The fourth-order valence-corrected chi connectivity index (χ4v) is 5.34. The number of halogens is 1. The van der Waals surface area contributed by atoms with Gasteiger partial charge in [-0.1, -0.05) is 36.8 Å². The van der Waals surface area contributed by atoms with Gasteiger partial charge in [0.2, 0.25) is 0 Å². The minimum Gasteiger partial charge on any atom is -0.389 e. The zero-order valence-corrected chi connectivity index (χ0v) is 17.5. The Morgan fingerprint density at radius 3 is 2.74 bits per heavy atom. The molecule has 0 aliphatic heterocycles. The van der Waals surface area contributed by atoms with Gasteiger partial charge in [0.25, 0.3) is 0 Å². The van der Waals surface area contributed by atoms with E-state index in [1.165, 1.54) is 17.7 Å². The smallest absolute Gasteiger partial charge is 0.150 e. The molecule has 2 aromatic carbocycles. The zero-order chi connectivity index (χ0) is 21.6. The van der Waals surface area contributed by atoms with Crippen LogP contribution in [0.15, 0.2) is 60.3 Å². The Balaban J connectivity index is 1.44. The predicted octanol–water partition coefficient (Wildman–Crippen LogP) is 4.93. The van der Waals surface area contributed by atoms with Crippen molar-refractivity contribution in [3.63, 3.8) is 0 Å². The van der Waals surface area contributed by atoms with E-state index in [-0.39, 0.29) is 11.2 Å². The summed E-state index contributed by atoms with van der Waals surface area (Å²) in [4.78, 5) is 11.4. The van der Waals surface area contributed by atoms with Gasteiger partial charge in [0.1, 0.15) is 12.1 Å². The molecule has 2 atom stereocenters. The Morgan fingerprint density at radius 2 is 1.97 bits per heavy atom. The van der Waals surface area contributed by atoms with Crippen molar-refractivity contribution in [2.24, 2.45) is 5.41 Å². The highest BCUT2D eigenvalue weighted by Crippen LogP contribution is 2.56. The second-order valence-electron chi connectivity index (χ2n) is 8.97. The van der Waals surface area contributed by atoms with E-state index in [0.29, 0.717) is 31.2 Å². The molecule has 0 unspecified atom stereocenters. The molecule has 1 fully saturated rings. The second kappa shape index (κ2) is 7.27. The van der Waals surface area contributed by atoms with Gasteiger partial charge in [-0.05, 0) is 73.6 Å². The van der Waals surface area contributed by atoms with Crippen LogP contribution in [0.5, 0.6) is 0 Å². The molecule has 5 heteroatoms. The van der Waals surface area contributed by atoms with E-state index in [4.69, 9.17) is 0 Å². The molecule has 2 aliphatic rings. The lowest BCUT2D eigenvalue weighted by atomic mass is 9.65. The quantitative estimate of drug-likeness (QED) is 0.600. The Bertz CT molecular complexity index is 1180. The molecule has 2 aliphatic carbocycles. The third-order valence-corrected chi connectivity index (χ3v) is 7.35. The highest BCUT2D eigenvalue weighted by atomic mass is 19.1. The normalized spacial score (nSPS) is 24.4. The van der Waals surface area contributed by atoms with Crippen molar-refractivity contribution < 1.29 is 14.3 Å². The van der Waals surface area contributed by atoms with Gasteiger partial charge in [0.05, 0.1) is 23.2 Å². The molecule has 1 heterocycles. The monoisotopic (exact) mass is 416 g/mol. The molecule has 5 rings (SSSR count). The highest BCUT2D eigenvalue weighted by molar-refractivity contribution is 5.77. The van der Waals surface area contributed by atoms with Crippen molar-refractivity contribution in [2.75, 3.05) is 0 Å². The number of nitrogens with zero attached hydrogens (tertiary/aromatic N) is 2. The topological polar surface area (TPSA) is 55.1 Å². The van der Waals surface area contributed by atoms with Gasteiger partial charge in [-0.2, -0.15) is 5.10 Å². The van der Waals surface area contributed by atoms with Crippen LogP contribution in [-0.4, -0.2) is 26.8 Å². The van der Waals surface area contributed by atoms with Crippen LogP contribution in [0.2, 0.25) is 0 Å². The summed E-state index contributed by atoms with van der Waals surface area (Å²) in [6.07, 6.45) is 8.41. The molecule has 0 radical (unpaired) electrons. The largest absolute Gasteiger partial charge is 0.389 e. The Kier molecular flexibility index (Phi) is 4.67. The third kappa shape index (κ3) is 3.15. The van der Waals surface area contributed by atoms with Gasteiger partial charge < -0.3 is 5.11 Å². The molecule has 3 aromatic rings. The maximum absolute atomic E-state index is 13.3. The molecule has 1 aromatic heterocycles. The fourth-order valence-electron chi connectivity index (χ4n) is 5.34. The van der Waals surface area contributed by atoms with E-state index in [2.05, 4.69) is 18.1 Å². The molecular formula is C26H25FN2O2. The average Bonchev–Trinajstić information content (AvgIpc) is 3.29. The van der Waals surface area contributed by atoms with Crippen molar-refractivity contribution in [3.8, 4) is 5.69 Å². The molecule has 0 amide bonds. The van der Waals surface area contributed by atoms with E-state index in [1.807, 2.05) is 35.1 Å². The summed E-state index contributed by atoms with van der Waals surface area (Å²) in [6, 6.07) is 13.9. The van der Waals surface area contributed by atoms with Gasteiger partial charge in [-0.15, -0.1) is 0 Å². The first-order valence-electron chi connectivity index (χ1n) is 10.7. The summed E-state index contributed by atoms with van der Waals surface area (Å²) in [5, 5.41) is 16.3. The maximum atomic E-state index is 13.3. The number of benzene rings is 2. The van der Waals surface area contributed by atoms with E-state index in [0.717, 1.165) is 35.2 Å². The molecule has 0 spiro atoms. The number of aldehydes is 1. The lowest BCUT2D eigenvalue weighted by Gasteiger charge is -2.42. The fraction of sp³-hybridized carbons (Fsp3) is 0.308. The molecule has 0 bridgehead atoms. The van der Waals surface area contributed by atoms with Crippen molar-refractivity contribution >= 4 is 12.4 Å². The summed E-state index contributed by atoms with van der Waals surface area (Å²) < 4.78 is 15.2. The molecule has 1 saturated carbocycles. The number of carbonyl (C=O) groups excluding carboxylic acids is 1. The number of aryl methyl sites for hydroxylation is 1. The lowest BCUT2D eigenvalue weighted by molar-refractivity contribution is -0.0461. The highest BCUT2D eigenvalue weighted by Gasteiger charge is 2.54. The summed E-state index contributed by atoms with van der Waals surface area (Å²) in [5.74, 6) is -0.271. The molecule has 158 valence electrons. The van der Waals surface area contributed by atoms with E-state index >= 15 is 0 Å². The summed E-state index contributed by atoms with van der Waals surface area (Å²) in [7, 11) is 0. The number of aliphatic hydroxyl groups is 1. The first kappa shape index (κ1) is 19.9. The summed E-state index contributed by atoms with van der Waals surface area (Å²) in [5.41, 5.74) is 4.61. The average molecular weight is 416 g/mol. The zero-order valence-electron chi connectivity index (χ0n) is 17.5. The van der Waals surface area contributed by atoms with Gasteiger partial charge in [-0.3, -0.25) is 4.79 Å². The predicted molar refractivity (Wildman–Crippen MR) is 118 cm³/mol. The molecule has 0 saturated heterocycles. The van der Waals surface area contributed by atoms with Crippen LogP contribution in [-0.2, 0) is 12.8 Å². The van der Waals surface area contributed by atoms with Crippen LogP contribution in [0, 0.1) is 11.2 Å². The Morgan fingerprint density at radius 1 is 1.19 bits per heavy atom. The minimum atomic E-state index is -0.843. The van der Waals surface area contributed by atoms with Crippen LogP contribution < -0.4 is 0 Å². The third-order valence-electron chi connectivity index (χ3n) is 7.35. The van der Waals surface area contributed by atoms with Crippen LogP contribution >= 0.6 is 0 Å². The van der Waals surface area contributed by atoms with Crippen molar-refractivity contribution in [3.05, 3.63) is 88.5 Å². The van der Waals surface area contributed by atoms with Crippen molar-refractivity contribution in [2.45, 2.75) is 44.6 Å². The Labute approximate surface area is 181 Å². The number of hydrogen-bond donors (Lipinski definition) is 1.